The van der Waals surface area contributed by atoms with Crippen LogP contribution in [0.5, 0.6) is 0 Å². The molecular formula is C10H5ClFN5O. The van der Waals surface area contributed by atoms with Gasteiger partial charge in [-0.05, 0) is 17.3 Å². The highest BCUT2D eigenvalue weighted by molar-refractivity contribution is 6.35. The van der Waals surface area contributed by atoms with Crippen LogP contribution in [0.15, 0.2) is 23.1 Å². The van der Waals surface area contributed by atoms with Crippen LogP contribution >= 0.6 is 11.6 Å². The largest absolute Gasteiger partial charge is 0.359 e. The first-order valence-electron chi connectivity index (χ1n) is 4.91. The molecule has 8 heteroatoms. The fourth-order valence-electron chi connectivity index (χ4n) is 1.70. The van der Waals surface area contributed by atoms with E-state index >= 15 is 0 Å². The number of rotatable bonds is 1. The first-order chi connectivity index (χ1) is 8.66. The van der Waals surface area contributed by atoms with Crippen molar-refractivity contribution in [2.24, 2.45) is 0 Å². The summed E-state index contributed by atoms with van der Waals surface area (Å²) in [6.07, 6.45) is 1.42. The van der Waals surface area contributed by atoms with Gasteiger partial charge in [0.05, 0.1) is 21.5 Å². The summed E-state index contributed by atoms with van der Waals surface area (Å²) in [5.41, 5.74) is 0.153. The molecule has 0 radical (unpaired) electrons. The molecule has 0 fully saturated rings. The Morgan fingerprint density at radius 1 is 1.33 bits per heavy atom. The average Bonchev–Trinajstić information content (AvgIpc) is 2.84. The van der Waals surface area contributed by atoms with Crippen LogP contribution < -0.4 is 5.43 Å². The summed E-state index contributed by atoms with van der Waals surface area (Å²) in [6.45, 7) is 0. The topological polar surface area (TPSA) is 87.3 Å². The molecule has 0 amide bonds. The number of hydrogen-bond acceptors (Lipinski definition) is 4. The van der Waals surface area contributed by atoms with E-state index in [0.29, 0.717) is 5.52 Å². The van der Waals surface area contributed by atoms with Crippen LogP contribution in [-0.2, 0) is 0 Å². The third-order valence-electron chi connectivity index (χ3n) is 2.49. The number of hydrogen-bond donors (Lipinski definition) is 2. The van der Waals surface area contributed by atoms with Crippen molar-refractivity contribution in [2.75, 3.05) is 0 Å². The van der Waals surface area contributed by atoms with Crippen LogP contribution in [0, 0.1) is 5.82 Å². The lowest BCUT2D eigenvalue weighted by Gasteiger charge is -2.02. The van der Waals surface area contributed by atoms with E-state index in [1.165, 1.54) is 6.20 Å². The van der Waals surface area contributed by atoms with Crippen LogP contribution in [0.1, 0.15) is 0 Å². The van der Waals surface area contributed by atoms with E-state index in [0.717, 1.165) is 12.1 Å². The van der Waals surface area contributed by atoms with E-state index in [-0.39, 0.29) is 21.8 Å². The quantitative estimate of drug-likeness (QED) is 0.698. The van der Waals surface area contributed by atoms with Crippen molar-refractivity contribution in [2.45, 2.75) is 0 Å². The van der Waals surface area contributed by atoms with Crippen LogP contribution in [-0.4, -0.2) is 25.6 Å². The Morgan fingerprint density at radius 2 is 2.17 bits per heavy atom. The highest BCUT2D eigenvalue weighted by Crippen LogP contribution is 2.22. The van der Waals surface area contributed by atoms with Gasteiger partial charge in [0.1, 0.15) is 5.82 Å². The Bertz CT molecular complexity index is 783. The standard InChI is InChI=1S/C10H5ClFN5O/c11-7-2-4(12)1-5-8(7)13-3-6(9(5)18)10-14-16-17-15-10/h1-3H,(H,13,18)(H,14,15,16,17). The molecule has 2 N–H and O–H groups in total. The lowest BCUT2D eigenvalue weighted by atomic mass is 10.1. The van der Waals surface area contributed by atoms with Gasteiger partial charge in [0.15, 0.2) is 0 Å². The summed E-state index contributed by atoms with van der Waals surface area (Å²) < 4.78 is 13.3. The molecule has 6 nitrogen and oxygen atoms in total. The molecule has 18 heavy (non-hydrogen) atoms. The van der Waals surface area contributed by atoms with E-state index in [2.05, 4.69) is 25.6 Å². The Morgan fingerprint density at radius 3 is 2.89 bits per heavy atom. The summed E-state index contributed by atoms with van der Waals surface area (Å²) in [4.78, 5) is 15.0. The minimum absolute atomic E-state index is 0.138. The number of fused-ring (bicyclic) bond motifs is 1. The van der Waals surface area contributed by atoms with Crippen LogP contribution in [0.3, 0.4) is 0 Å². The molecule has 1 aromatic carbocycles. The number of halogens is 2. The van der Waals surface area contributed by atoms with E-state index in [4.69, 9.17) is 11.6 Å². The van der Waals surface area contributed by atoms with Crippen LogP contribution in [0.2, 0.25) is 5.02 Å². The summed E-state index contributed by atoms with van der Waals surface area (Å²) in [5, 5.41) is 13.3. The second-order valence-corrected chi connectivity index (χ2v) is 3.98. The third kappa shape index (κ3) is 1.56. The molecule has 0 saturated carbocycles. The molecule has 0 spiro atoms. The van der Waals surface area contributed by atoms with Crippen LogP contribution in [0.25, 0.3) is 22.3 Å². The average molecular weight is 266 g/mol. The Hall–Kier alpha value is -2.28. The highest BCUT2D eigenvalue weighted by Gasteiger charge is 2.13. The van der Waals surface area contributed by atoms with Gasteiger partial charge in [0, 0.05) is 6.20 Å². The second-order valence-electron chi connectivity index (χ2n) is 3.58. The zero-order valence-electron chi connectivity index (χ0n) is 8.74. The van der Waals surface area contributed by atoms with Gasteiger partial charge in [0.25, 0.3) is 0 Å². The molecule has 90 valence electrons. The summed E-state index contributed by atoms with van der Waals surface area (Å²) in [5.74, 6) is -0.443. The maximum atomic E-state index is 13.3. The number of aromatic nitrogens is 5. The van der Waals surface area contributed by atoms with Crippen molar-refractivity contribution in [1.82, 2.24) is 25.6 Å². The smallest absolute Gasteiger partial charge is 0.210 e. The molecule has 3 rings (SSSR count). The first-order valence-corrected chi connectivity index (χ1v) is 5.29. The maximum Gasteiger partial charge on any atom is 0.210 e. The number of nitrogens with zero attached hydrogens (tertiary/aromatic N) is 3. The molecule has 3 aromatic rings. The molecule has 2 heterocycles. The van der Waals surface area contributed by atoms with Crippen molar-refractivity contribution in [1.29, 1.82) is 0 Å². The first kappa shape index (κ1) is 10.8. The second kappa shape index (κ2) is 3.88. The van der Waals surface area contributed by atoms with Gasteiger partial charge in [-0.2, -0.15) is 5.21 Å². The maximum absolute atomic E-state index is 13.3. The van der Waals surface area contributed by atoms with Crippen molar-refractivity contribution >= 4 is 22.5 Å². The van der Waals surface area contributed by atoms with E-state index < -0.39 is 11.2 Å². The van der Waals surface area contributed by atoms with Gasteiger partial charge < -0.3 is 4.98 Å². The fourth-order valence-corrected chi connectivity index (χ4v) is 1.96. The van der Waals surface area contributed by atoms with Gasteiger partial charge >= 0.3 is 0 Å². The monoisotopic (exact) mass is 265 g/mol. The Kier molecular flexibility index (Phi) is 2.34. The SMILES string of the molecule is O=c1c(-c2nn[nH]n2)c[nH]c2c(Cl)cc(F)cc12. The fraction of sp³-hybridized carbons (Fsp3) is 0. The number of aromatic amines is 2. The minimum Gasteiger partial charge on any atom is -0.359 e. The Balaban J connectivity index is 2.40. The summed E-state index contributed by atoms with van der Waals surface area (Å²) in [7, 11) is 0. The van der Waals surface area contributed by atoms with Crippen molar-refractivity contribution in [3.63, 3.8) is 0 Å². The number of nitrogens with one attached hydrogen (secondary N) is 2. The zero-order chi connectivity index (χ0) is 12.7. The molecule has 0 atom stereocenters. The number of benzene rings is 1. The highest BCUT2D eigenvalue weighted by atomic mass is 35.5. The van der Waals surface area contributed by atoms with Crippen LogP contribution in [0.4, 0.5) is 4.39 Å². The Labute approximate surface area is 104 Å². The van der Waals surface area contributed by atoms with E-state index in [9.17, 15) is 9.18 Å². The lowest BCUT2D eigenvalue weighted by Crippen LogP contribution is -2.08. The normalized spacial score (nSPS) is 11.0. The molecule has 0 aliphatic carbocycles. The zero-order valence-corrected chi connectivity index (χ0v) is 9.49. The molecule has 2 aromatic heterocycles. The summed E-state index contributed by atoms with van der Waals surface area (Å²) in [6, 6.07) is 2.25. The molecule has 0 bridgehead atoms. The molecule has 0 saturated heterocycles. The predicted octanol–water partition coefficient (Wildman–Crippen LogP) is 1.50. The molecule has 0 aliphatic heterocycles. The van der Waals surface area contributed by atoms with Gasteiger partial charge in [0.2, 0.25) is 11.3 Å². The molecule has 0 aliphatic rings. The third-order valence-corrected chi connectivity index (χ3v) is 2.79. The van der Waals surface area contributed by atoms with Crippen molar-refractivity contribution < 1.29 is 4.39 Å². The van der Waals surface area contributed by atoms with Gasteiger partial charge in [-0.25, -0.2) is 4.39 Å². The number of tetrazole rings is 1. The minimum atomic E-state index is -0.580. The number of H-pyrrole nitrogens is 2. The van der Waals surface area contributed by atoms with E-state index in [1.54, 1.807) is 0 Å². The molecule has 0 unspecified atom stereocenters. The molecular weight excluding hydrogens is 261 g/mol. The summed E-state index contributed by atoms with van der Waals surface area (Å²) >= 11 is 5.85. The van der Waals surface area contributed by atoms with Gasteiger partial charge in [-0.3, -0.25) is 4.79 Å². The lowest BCUT2D eigenvalue weighted by molar-refractivity contribution is 0.629. The van der Waals surface area contributed by atoms with Crippen molar-refractivity contribution in [3.8, 4) is 11.4 Å². The number of pyridine rings is 1. The van der Waals surface area contributed by atoms with Gasteiger partial charge in [-0.1, -0.05) is 11.6 Å². The van der Waals surface area contributed by atoms with E-state index in [1.807, 2.05) is 0 Å². The van der Waals surface area contributed by atoms with Crippen molar-refractivity contribution in [3.05, 3.63) is 39.4 Å². The van der Waals surface area contributed by atoms with Gasteiger partial charge in [-0.15, -0.1) is 10.2 Å². The predicted molar refractivity (Wildman–Crippen MR) is 62.7 cm³/mol.